The number of hydrogen-bond acceptors (Lipinski definition) is 8. The standard InChI is InChI=1S/C35H54N2O6/c1-8-33-32(38)19-26(5)36-20-24(3)17-28(21-41-7)18-25(4)35(40,27(6)34(39)43-33)22-37-29-11-15-31(16-12-29)42-30-13-9-23(2)10-14-30/h9-16,24-28,32-33,36-38,40H,8,17-22H2,1-7H3/t24-,25-,26-,27?,28+,32+,33-,35-/m1/s1. The third-order valence-corrected chi connectivity index (χ3v) is 8.98. The molecule has 0 radical (unpaired) electrons. The van der Waals surface area contributed by atoms with Gasteiger partial charge in [-0.25, -0.2) is 0 Å². The molecule has 8 nitrogen and oxygen atoms in total. The van der Waals surface area contributed by atoms with Crippen LogP contribution in [0.1, 0.15) is 65.9 Å². The van der Waals surface area contributed by atoms with E-state index in [-0.39, 0.29) is 24.4 Å². The number of carbonyl (C=O) groups is 1. The van der Waals surface area contributed by atoms with Crippen LogP contribution in [-0.4, -0.2) is 66.8 Å². The molecule has 0 bridgehead atoms. The van der Waals surface area contributed by atoms with Gasteiger partial charge >= 0.3 is 5.97 Å². The summed E-state index contributed by atoms with van der Waals surface area (Å²) < 4.78 is 17.4. The normalized spacial score (nSPS) is 31.4. The van der Waals surface area contributed by atoms with Gasteiger partial charge in [0.1, 0.15) is 17.6 Å². The molecule has 0 aliphatic carbocycles. The molecule has 0 amide bonds. The molecule has 1 heterocycles. The van der Waals surface area contributed by atoms with E-state index in [4.69, 9.17) is 14.2 Å². The fraction of sp³-hybridized carbons (Fsp3) is 0.629. The van der Waals surface area contributed by atoms with Gasteiger partial charge in [0, 0.05) is 32.0 Å². The number of hydrogen-bond donors (Lipinski definition) is 4. The summed E-state index contributed by atoms with van der Waals surface area (Å²) in [5.74, 6) is 0.467. The molecule has 1 saturated heterocycles. The second kappa shape index (κ2) is 16.4. The number of carbonyl (C=O) groups excluding carboxylic acids is 1. The fourth-order valence-corrected chi connectivity index (χ4v) is 6.09. The number of benzene rings is 2. The minimum atomic E-state index is -1.42. The van der Waals surface area contributed by atoms with E-state index < -0.39 is 29.7 Å². The van der Waals surface area contributed by atoms with Crippen LogP contribution in [0.4, 0.5) is 5.69 Å². The Kier molecular flexibility index (Phi) is 13.3. The molecule has 2 aromatic rings. The molecule has 4 N–H and O–H groups in total. The van der Waals surface area contributed by atoms with Crippen molar-refractivity contribution in [3.8, 4) is 11.5 Å². The van der Waals surface area contributed by atoms with E-state index in [1.165, 1.54) is 5.56 Å². The number of aliphatic hydroxyl groups is 2. The van der Waals surface area contributed by atoms with E-state index in [2.05, 4.69) is 17.6 Å². The van der Waals surface area contributed by atoms with Crippen LogP contribution >= 0.6 is 0 Å². The first-order valence-corrected chi connectivity index (χ1v) is 15.9. The zero-order valence-electron chi connectivity index (χ0n) is 27.1. The van der Waals surface area contributed by atoms with Crippen LogP contribution in [0.15, 0.2) is 48.5 Å². The largest absolute Gasteiger partial charge is 0.459 e. The summed E-state index contributed by atoms with van der Waals surface area (Å²) in [5, 5.41) is 30.1. The molecule has 43 heavy (non-hydrogen) atoms. The zero-order valence-corrected chi connectivity index (χ0v) is 27.1. The van der Waals surface area contributed by atoms with E-state index in [1.807, 2.05) is 76.2 Å². The highest BCUT2D eigenvalue weighted by Crippen LogP contribution is 2.35. The van der Waals surface area contributed by atoms with Crippen molar-refractivity contribution < 1.29 is 29.2 Å². The number of cyclic esters (lactones) is 1. The quantitative estimate of drug-likeness (QED) is 0.276. The van der Waals surface area contributed by atoms with Gasteiger partial charge in [0.05, 0.1) is 17.6 Å². The zero-order chi connectivity index (χ0) is 31.6. The minimum Gasteiger partial charge on any atom is -0.459 e. The maximum atomic E-state index is 13.5. The first kappa shape index (κ1) is 34.8. The molecule has 1 aliphatic rings. The summed E-state index contributed by atoms with van der Waals surface area (Å²) in [6.07, 6.45) is 1.13. The van der Waals surface area contributed by atoms with E-state index in [9.17, 15) is 15.0 Å². The van der Waals surface area contributed by atoms with Crippen LogP contribution < -0.4 is 15.4 Å². The van der Waals surface area contributed by atoms with E-state index in [1.54, 1.807) is 14.0 Å². The highest BCUT2D eigenvalue weighted by atomic mass is 16.6. The summed E-state index contributed by atoms with van der Waals surface area (Å²) in [6.45, 7) is 13.5. The molecule has 0 spiro atoms. The predicted octanol–water partition coefficient (Wildman–Crippen LogP) is 5.95. The summed E-state index contributed by atoms with van der Waals surface area (Å²) in [5.41, 5.74) is 0.553. The monoisotopic (exact) mass is 598 g/mol. The Bertz CT molecular complexity index is 1110. The van der Waals surface area contributed by atoms with Crippen LogP contribution in [0.2, 0.25) is 0 Å². The summed E-state index contributed by atoms with van der Waals surface area (Å²) in [6, 6.07) is 15.5. The number of anilines is 1. The Labute approximate surface area is 258 Å². The second-order valence-corrected chi connectivity index (χ2v) is 12.8. The topological polar surface area (TPSA) is 109 Å². The average molecular weight is 599 g/mol. The summed E-state index contributed by atoms with van der Waals surface area (Å²) in [4.78, 5) is 13.5. The van der Waals surface area contributed by atoms with E-state index in [0.29, 0.717) is 37.5 Å². The lowest BCUT2D eigenvalue weighted by Gasteiger charge is -2.40. The summed E-state index contributed by atoms with van der Waals surface area (Å²) in [7, 11) is 1.71. The van der Waals surface area contributed by atoms with Crippen molar-refractivity contribution in [1.29, 1.82) is 0 Å². The summed E-state index contributed by atoms with van der Waals surface area (Å²) >= 11 is 0. The molecule has 8 atom stereocenters. The highest BCUT2D eigenvalue weighted by Gasteiger charge is 2.45. The lowest BCUT2D eigenvalue weighted by atomic mass is 9.73. The molecular formula is C35H54N2O6. The van der Waals surface area contributed by atoms with Gasteiger partial charge in [0.2, 0.25) is 0 Å². The molecule has 8 heteroatoms. The second-order valence-electron chi connectivity index (χ2n) is 12.8. The first-order chi connectivity index (χ1) is 20.4. The van der Waals surface area contributed by atoms with Crippen LogP contribution in [0.5, 0.6) is 11.5 Å². The SMILES string of the molecule is CC[C@H]1OC(=O)C(C)[C@@](O)(CNc2ccc(Oc3ccc(C)cc3)cc2)[C@H](C)C[C@@H](COC)C[C@@H](C)CN[C@H](C)C[C@@H]1O. The van der Waals surface area contributed by atoms with Crippen LogP contribution in [-0.2, 0) is 14.3 Å². The number of aryl methyl sites for hydroxylation is 1. The van der Waals surface area contributed by atoms with Crippen LogP contribution in [0.3, 0.4) is 0 Å². The van der Waals surface area contributed by atoms with Gasteiger partial charge in [-0.1, -0.05) is 38.5 Å². The molecule has 3 rings (SSSR count). The number of ether oxygens (including phenoxy) is 3. The van der Waals surface area contributed by atoms with Crippen molar-refractivity contribution in [3.63, 3.8) is 0 Å². The molecule has 1 fully saturated rings. The van der Waals surface area contributed by atoms with E-state index in [0.717, 1.165) is 24.4 Å². The Morgan fingerprint density at radius 3 is 2.23 bits per heavy atom. The lowest BCUT2D eigenvalue weighted by molar-refractivity contribution is -0.172. The average Bonchev–Trinajstić information content (AvgIpc) is 2.98. The van der Waals surface area contributed by atoms with Gasteiger partial charge in [-0.3, -0.25) is 4.79 Å². The predicted molar refractivity (Wildman–Crippen MR) is 171 cm³/mol. The van der Waals surface area contributed by atoms with Crippen molar-refractivity contribution in [2.75, 3.05) is 32.1 Å². The van der Waals surface area contributed by atoms with Crippen molar-refractivity contribution in [3.05, 3.63) is 54.1 Å². The Balaban J connectivity index is 1.82. The Morgan fingerprint density at radius 1 is 1.00 bits per heavy atom. The Morgan fingerprint density at radius 2 is 1.63 bits per heavy atom. The minimum absolute atomic E-state index is 0.0716. The highest BCUT2D eigenvalue weighted by molar-refractivity contribution is 5.74. The number of rotatable bonds is 8. The molecule has 240 valence electrons. The van der Waals surface area contributed by atoms with Crippen molar-refractivity contribution >= 4 is 11.7 Å². The van der Waals surface area contributed by atoms with Gasteiger partial charge < -0.3 is 35.1 Å². The maximum Gasteiger partial charge on any atom is 0.312 e. The smallest absolute Gasteiger partial charge is 0.312 e. The van der Waals surface area contributed by atoms with Crippen molar-refractivity contribution in [1.82, 2.24) is 5.32 Å². The Hall–Kier alpha value is -2.65. The van der Waals surface area contributed by atoms with Gasteiger partial charge in [-0.05, 0) is 107 Å². The molecule has 0 aromatic heterocycles. The third kappa shape index (κ3) is 10.2. The van der Waals surface area contributed by atoms with Crippen LogP contribution in [0.25, 0.3) is 0 Å². The number of aliphatic hydroxyl groups excluding tert-OH is 1. The van der Waals surface area contributed by atoms with Gasteiger partial charge in [0.15, 0.2) is 0 Å². The van der Waals surface area contributed by atoms with Crippen LogP contribution in [0, 0.1) is 30.6 Å². The van der Waals surface area contributed by atoms with Gasteiger partial charge in [0.25, 0.3) is 0 Å². The third-order valence-electron chi connectivity index (χ3n) is 8.98. The number of methoxy groups -OCH3 is 1. The molecular weight excluding hydrogens is 544 g/mol. The maximum absolute atomic E-state index is 13.5. The molecule has 1 aliphatic heterocycles. The lowest BCUT2D eigenvalue weighted by Crippen LogP contribution is -2.53. The van der Waals surface area contributed by atoms with E-state index >= 15 is 0 Å². The first-order valence-electron chi connectivity index (χ1n) is 15.9. The fourth-order valence-electron chi connectivity index (χ4n) is 6.09. The van der Waals surface area contributed by atoms with Crippen molar-refractivity contribution in [2.45, 2.75) is 91.1 Å². The molecule has 1 unspecified atom stereocenters. The molecule has 0 saturated carbocycles. The number of nitrogens with one attached hydrogen (secondary N) is 2. The molecule has 2 aromatic carbocycles. The van der Waals surface area contributed by atoms with Gasteiger partial charge in [-0.15, -0.1) is 0 Å². The van der Waals surface area contributed by atoms with Crippen molar-refractivity contribution in [2.24, 2.45) is 23.7 Å². The number of esters is 1. The van der Waals surface area contributed by atoms with Gasteiger partial charge in [-0.2, -0.15) is 0 Å².